The van der Waals surface area contributed by atoms with E-state index in [0.29, 0.717) is 29.5 Å². The summed E-state index contributed by atoms with van der Waals surface area (Å²) in [5, 5.41) is 19.5. The average Bonchev–Trinajstić information content (AvgIpc) is 3.44. The first-order valence-corrected chi connectivity index (χ1v) is 12.2. The molecule has 3 aromatic heterocycles. The number of aromatic nitrogens is 6. The maximum absolute atomic E-state index is 11.5. The largest absolute Gasteiger partial charge is 0.491 e. The second-order valence-electron chi connectivity index (χ2n) is 9.33. The molecule has 2 unspecified atom stereocenters. The third-order valence-electron chi connectivity index (χ3n) is 6.39. The van der Waals surface area contributed by atoms with Gasteiger partial charge >= 0.3 is 5.97 Å². The van der Waals surface area contributed by atoms with Crippen molar-refractivity contribution in [3.8, 4) is 28.5 Å². The van der Waals surface area contributed by atoms with Crippen molar-refractivity contribution in [3.05, 3.63) is 42.4 Å². The lowest BCUT2D eigenvalue weighted by molar-refractivity contribution is -0.140. The summed E-state index contributed by atoms with van der Waals surface area (Å²) in [5.41, 5.74) is 3.68. The van der Waals surface area contributed by atoms with Crippen molar-refractivity contribution in [2.45, 2.75) is 65.3 Å². The maximum Gasteiger partial charge on any atom is 0.328 e. The average molecular weight is 491 g/mol. The van der Waals surface area contributed by atoms with Crippen LogP contribution in [0.4, 0.5) is 0 Å². The lowest BCUT2D eigenvalue weighted by Gasteiger charge is -2.23. The van der Waals surface area contributed by atoms with E-state index in [2.05, 4.69) is 10.1 Å². The molecule has 4 heterocycles. The van der Waals surface area contributed by atoms with Crippen LogP contribution in [0.15, 0.2) is 36.7 Å². The van der Waals surface area contributed by atoms with Crippen LogP contribution in [0.5, 0.6) is 5.75 Å². The molecule has 1 N–H and O–H groups in total. The second kappa shape index (κ2) is 9.69. The molecule has 1 saturated heterocycles. The second-order valence-corrected chi connectivity index (χ2v) is 9.33. The summed E-state index contributed by atoms with van der Waals surface area (Å²) in [6, 6.07) is 6.94. The van der Waals surface area contributed by atoms with Crippen LogP contribution in [-0.2, 0) is 9.53 Å². The van der Waals surface area contributed by atoms with Crippen LogP contribution in [0.25, 0.3) is 33.7 Å². The highest BCUT2D eigenvalue weighted by atomic mass is 16.5. The summed E-state index contributed by atoms with van der Waals surface area (Å²) < 4.78 is 15.4. The van der Waals surface area contributed by atoms with Gasteiger partial charge in [0, 0.05) is 29.4 Å². The third-order valence-corrected chi connectivity index (χ3v) is 6.39. The number of hydrogen-bond acceptors (Lipinski definition) is 7. The smallest absolute Gasteiger partial charge is 0.328 e. The van der Waals surface area contributed by atoms with Crippen molar-refractivity contribution < 1.29 is 19.4 Å². The Morgan fingerprint density at radius 1 is 1.22 bits per heavy atom. The van der Waals surface area contributed by atoms with E-state index in [0.717, 1.165) is 41.5 Å². The van der Waals surface area contributed by atoms with Crippen LogP contribution in [-0.4, -0.2) is 53.3 Å². The number of ether oxygens (including phenoxy) is 2. The van der Waals surface area contributed by atoms with Gasteiger partial charge in [0.1, 0.15) is 17.5 Å². The number of hydrogen-bond donors (Lipinski definition) is 1. The SMILES string of the molecule is Cc1c(-c2ccnc(-c3nn(C4CCCCO4)c4ccc(OC(C)C)cc34)n2)cnn1C(C)C(=O)O. The normalized spacial score (nSPS) is 17.0. The zero-order valence-electron chi connectivity index (χ0n) is 20.9. The zero-order chi connectivity index (χ0) is 25.4. The Morgan fingerprint density at radius 2 is 2.06 bits per heavy atom. The minimum atomic E-state index is -0.947. The molecule has 0 saturated carbocycles. The molecule has 36 heavy (non-hydrogen) atoms. The van der Waals surface area contributed by atoms with Gasteiger partial charge in [0.15, 0.2) is 12.1 Å². The Bertz CT molecular complexity index is 1400. The Labute approximate surface area is 208 Å². The first-order chi connectivity index (χ1) is 17.3. The van der Waals surface area contributed by atoms with Crippen molar-refractivity contribution in [1.29, 1.82) is 0 Å². The molecule has 10 nitrogen and oxygen atoms in total. The standard InChI is InChI=1S/C26H30N6O4/c1-15(2)36-18-8-9-22-19(13-18)24(30-32(22)23-7-5-6-12-35-23)25-27-11-10-21(29-25)20-14-28-31(16(20)3)17(4)26(33)34/h8-11,13-15,17,23H,5-7,12H2,1-4H3,(H,33,34). The molecule has 1 aliphatic rings. The van der Waals surface area contributed by atoms with Crippen LogP contribution < -0.4 is 4.74 Å². The lowest BCUT2D eigenvalue weighted by atomic mass is 10.1. The van der Waals surface area contributed by atoms with E-state index < -0.39 is 12.0 Å². The summed E-state index contributed by atoms with van der Waals surface area (Å²) >= 11 is 0. The van der Waals surface area contributed by atoms with Gasteiger partial charge in [-0.2, -0.15) is 10.2 Å². The van der Waals surface area contributed by atoms with Gasteiger partial charge in [-0.1, -0.05) is 0 Å². The fraction of sp³-hybridized carbons (Fsp3) is 0.423. The van der Waals surface area contributed by atoms with E-state index in [1.165, 1.54) is 4.68 Å². The van der Waals surface area contributed by atoms with Crippen molar-refractivity contribution in [2.24, 2.45) is 0 Å². The van der Waals surface area contributed by atoms with Crippen molar-refractivity contribution in [1.82, 2.24) is 29.5 Å². The topological polar surface area (TPSA) is 117 Å². The Morgan fingerprint density at radius 3 is 2.78 bits per heavy atom. The predicted molar refractivity (Wildman–Crippen MR) is 134 cm³/mol. The van der Waals surface area contributed by atoms with Gasteiger partial charge in [0.25, 0.3) is 0 Å². The number of nitrogens with zero attached hydrogens (tertiary/aromatic N) is 6. The molecule has 0 spiro atoms. The van der Waals surface area contributed by atoms with Gasteiger partial charge in [0.05, 0.1) is 23.5 Å². The van der Waals surface area contributed by atoms with Crippen LogP contribution in [0.1, 0.15) is 58.0 Å². The van der Waals surface area contributed by atoms with E-state index in [-0.39, 0.29) is 12.3 Å². The number of carboxylic acid groups (broad SMARTS) is 1. The van der Waals surface area contributed by atoms with Crippen molar-refractivity contribution in [2.75, 3.05) is 6.61 Å². The molecule has 0 bridgehead atoms. The van der Waals surface area contributed by atoms with Crippen molar-refractivity contribution in [3.63, 3.8) is 0 Å². The summed E-state index contributed by atoms with van der Waals surface area (Å²) in [4.78, 5) is 20.8. The van der Waals surface area contributed by atoms with E-state index >= 15 is 0 Å². The molecular formula is C26H30N6O4. The maximum atomic E-state index is 11.5. The molecule has 0 aliphatic carbocycles. The zero-order valence-corrected chi connectivity index (χ0v) is 20.9. The summed E-state index contributed by atoms with van der Waals surface area (Å²) in [7, 11) is 0. The lowest BCUT2D eigenvalue weighted by Crippen LogP contribution is -2.19. The Kier molecular flexibility index (Phi) is 6.44. The molecule has 10 heteroatoms. The van der Waals surface area contributed by atoms with E-state index in [4.69, 9.17) is 19.6 Å². The van der Waals surface area contributed by atoms with E-state index in [9.17, 15) is 9.90 Å². The molecule has 2 atom stereocenters. The predicted octanol–water partition coefficient (Wildman–Crippen LogP) is 4.80. The van der Waals surface area contributed by atoms with E-state index in [1.807, 2.05) is 43.7 Å². The quantitative estimate of drug-likeness (QED) is 0.393. The van der Waals surface area contributed by atoms with Crippen LogP contribution >= 0.6 is 0 Å². The van der Waals surface area contributed by atoms with Gasteiger partial charge in [-0.25, -0.2) is 19.4 Å². The number of carboxylic acids is 1. The summed E-state index contributed by atoms with van der Waals surface area (Å²) in [6.45, 7) is 8.12. The molecule has 4 aromatic rings. The van der Waals surface area contributed by atoms with Gasteiger partial charge in [0.2, 0.25) is 0 Å². The number of carbonyl (C=O) groups is 1. The fourth-order valence-electron chi connectivity index (χ4n) is 4.56. The van der Waals surface area contributed by atoms with E-state index in [1.54, 1.807) is 25.4 Å². The van der Waals surface area contributed by atoms with Crippen LogP contribution in [0.2, 0.25) is 0 Å². The Balaban J connectivity index is 1.61. The highest BCUT2D eigenvalue weighted by Gasteiger charge is 2.24. The monoisotopic (exact) mass is 490 g/mol. The summed E-state index contributed by atoms with van der Waals surface area (Å²) in [5.74, 6) is 0.267. The number of benzene rings is 1. The minimum Gasteiger partial charge on any atom is -0.491 e. The number of rotatable bonds is 7. The highest BCUT2D eigenvalue weighted by molar-refractivity contribution is 5.93. The summed E-state index contributed by atoms with van der Waals surface area (Å²) in [6.07, 6.45) is 6.24. The molecule has 0 radical (unpaired) electrons. The molecule has 1 fully saturated rings. The molecule has 1 aliphatic heterocycles. The first kappa shape index (κ1) is 23.9. The fourth-order valence-corrected chi connectivity index (χ4v) is 4.56. The molecular weight excluding hydrogens is 460 g/mol. The molecule has 5 rings (SSSR count). The van der Waals surface area contributed by atoms with Gasteiger partial charge in [-0.3, -0.25) is 4.68 Å². The molecule has 0 amide bonds. The van der Waals surface area contributed by atoms with Crippen LogP contribution in [0.3, 0.4) is 0 Å². The van der Waals surface area contributed by atoms with Gasteiger partial charge in [-0.15, -0.1) is 0 Å². The third kappa shape index (κ3) is 4.44. The Hall–Kier alpha value is -3.79. The molecule has 188 valence electrons. The highest BCUT2D eigenvalue weighted by Crippen LogP contribution is 2.34. The van der Waals surface area contributed by atoms with Crippen molar-refractivity contribution >= 4 is 16.9 Å². The number of fused-ring (bicyclic) bond motifs is 1. The van der Waals surface area contributed by atoms with Gasteiger partial charge < -0.3 is 14.6 Å². The van der Waals surface area contributed by atoms with Gasteiger partial charge in [-0.05, 0) is 71.2 Å². The first-order valence-electron chi connectivity index (χ1n) is 12.2. The molecule has 1 aromatic carbocycles. The minimum absolute atomic E-state index is 0.0370. The van der Waals surface area contributed by atoms with Crippen LogP contribution in [0, 0.1) is 6.92 Å². The number of aliphatic carboxylic acids is 1.